The van der Waals surface area contributed by atoms with Crippen LogP contribution >= 0.6 is 11.3 Å². The van der Waals surface area contributed by atoms with Crippen molar-refractivity contribution in [3.63, 3.8) is 0 Å². The Morgan fingerprint density at radius 2 is 1.85 bits per heavy atom. The van der Waals surface area contributed by atoms with Gasteiger partial charge in [0.2, 0.25) is 0 Å². The average Bonchev–Trinajstić information content (AvgIpc) is 2.95. The van der Waals surface area contributed by atoms with Gasteiger partial charge in [-0.05, 0) is 50.2 Å². The molecular formula is C18H15F3N2O2S. The van der Waals surface area contributed by atoms with Gasteiger partial charge in [-0.15, -0.1) is 0 Å². The van der Waals surface area contributed by atoms with Crippen LogP contribution in [0.3, 0.4) is 0 Å². The second kappa shape index (κ2) is 6.95. The lowest BCUT2D eigenvalue weighted by molar-refractivity contribution is -0.136. The largest absolute Gasteiger partial charge is 0.491 e. The summed E-state index contributed by atoms with van der Waals surface area (Å²) in [7, 11) is 0. The van der Waals surface area contributed by atoms with Crippen molar-refractivity contribution in [2.24, 2.45) is 0 Å². The van der Waals surface area contributed by atoms with E-state index in [0.29, 0.717) is 16.0 Å². The molecule has 3 rings (SSSR count). The summed E-state index contributed by atoms with van der Waals surface area (Å²) >= 11 is 0.994. The van der Waals surface area contributed by atoms with Crippen LogP contribution in [0.5, 0.6) is 5.75 Å². The van der Waals surface area contributed by atoms with Crippen molar-refractivity contribution >= 4 is 32.6 Å². The van der Waals surface area contributed by atoms with Crippen molar-refractivity contribution in [3.8, 4) is 5.75 Å². The van der Waals surface area contributed by atoms with Gasteiger partial charge in [-0.2, -0.15) is 13.2 Å². The van der Waals surface area contributed by atoms with Gasteiger partial charge in [0.25, 0.3) is 5.91 Å². The SMILES string of the molecule is CC(C)Oc1ccc(C(=O)Nc2nc3c(C(F)(F)F)cccc3s2)cc1. The Kier molecular flexibility index (Phi) is 4.86. The average molecular weight is 380 g/mol. The number of nitrogens with zero attached hydrogens (tertiary/aromatic N) is 1. The van der Waals surface area contributed by atoms with Gasteiger partial charge < -0.3 is 4.74 Å². The number of aromatic nitrogens is 1. The zero-order valence-electron chi connectivity index (χ0n) is 13.9. The Bertz CT molecular complexity index is 934. The van der Waals surface area contributed by atoms with E-state index in [1.165, 1.54) is 12.1 Å². The number of thiazole rings is 1. The standard InChI is InChI=1S/C18H15F3N2O2S/c1-10(2)25-12-8-6-11(7-9-12)16(24)23-17-22-15-13(18(19,20)21)4-3-5-14(15)26-17/h3-10H,1-2H3,(H,22,23,24). The molecule has 0 unspecified atom stereocenters. The summed E-state index contributed by atoms with van der Waals surface area (Å²) in [6, 6.07) is 10.3. The lowest BCUT2D eigenvalue weighted by Crippen LogP contribution is -2.12. The predicted octanol–water partition coefficient (Wildman–Crippen LogP) is 5.35. The third-order valence-electron chi connectivity index (χ3n) is 3.43. The number of para-hydroxylation sites is 1. The van der Waals surface area contributed by atoms with Gasteiger partial charge in [0.15, 0.2) is 5.13 Å². The first-order valence-electron chi connectivity index (χ1n) is 7.79. The van der Waals surface area contributed by atoms with Crippen molar-refractivity contribution in [1.29, 1.82) is 0 Å². The molecule has 0 saturated heterocycles. The zero-order valence-corrected chi connectivity index (χ0v) is 14.7. The van der Waals surface area contributed by atoms with Crippen LogP contribution in [0.2, 0.25) is 0 Å². The number of anilines is 1. The normalized spacial score (nSPS) is 11.8. The van der Waals surface area contributed by atoms with Crippen LogP contribution in [0.15, 0.2) is 42.5 Å². The molecule has 2 aromatic carbocycles. The Morgan fingerprint density at radius 1 is 1.15 bits per heavy atom. The van der Waals surface area contributed by atoms with Crippen molar-refractivity contribution in [2.75, 3.05) is 5.32 Å². The number of amides is 1. The number of carbonyl (C=O) groups is 1. The highest BCUT2D eigenvalue weighted by Crippen LogP contribution is 2.37. The van der Waals surface area contributed by atoms with E-state index in [0.717, 1.165) is 17.4 Å². The number of fused-ring (bicyclic) bond motifs is 1. The third-order valence-corrected chi connectivity index (χ3v) is 4.37. The number of halogens is 3. The van der Waals surface area contributed by atoms with Crippen LogP contribution in [-0.2, 0) is 6.18 Å². The molecular weight excluding hydrogens is 365 g/mol. The molecule has 1 aromatic heterocycles. The molecule has 4 nitrogen and oxygen atoms in total. The van der Waals surface area contributed by atoms with Crippen LogP contribution in [0.25, 0.3) is 10.2 Å². The first-order valence-corrected chi connectivity index (χ1v) is 8.60. The van der Waals surface area contributed by atoms with E-state index in [2.05, 4.69) is 10.3 Å². The van der Waals surface area contributed by atoms with Crippen LogP contribution in [0, 0.1) is 0 Å². The van der Waals surface area contributed by atoms with Crippen LogP contribution < -0.4 is 10.1 Å². The van der Waals surface area contributed by atoms with E-state index in [9.17, 15) is 18.0 Å². The van der Waals surface area contributed by atoms with Gasteiger partial charge in [0, 0.05) is 5.56 Å². The minimum Gasteiger partial charge on any atom is -0.491 e. The first-order chi connectivity index (χ1) is 12.2. The van der Waals surface area contributed by atoms with Gasteiger partial charge in [0.05, 0.1) is 21.9 Å². The molecule has 0 atom stereocenters. The summed E-state index contributed by atoms with van der Waals surface area (Å²) in [6.45, 7) is 3.78. The van der Waals surface area contributed by atoms with Crippen molar-refractivity contribution in [3.05, 3.63) is 53.6 Å². The number of carbonyl (C=O) groups excluding carboxylic acids is 1. The maximum absolute atomic E-state index is 13.0. The fraction of sp³-hybridized carbons (Fsp3) is 0.222. The maximum Gasteiger partial charge on any atom is 0.418 e. The molecule has 0 aliphatic rings. The summed E-state index contributed by atoms with van der Waals surface area (Å²) in [5, 5.41) is 2.66. The number of alkyl halides is 3. The molecule has 1 heterocycles. The van der Waals surface area contributed by atoms with E-state index < -0.39 is 17.6 Å². The zero-order chi connectivity index (χ0) is 18.9. The molecule has 1 N–H and O–H groups in total. The Labute approximate surface area is 151 Å². The van der Waals surface area contributed by atoms with Crippen LogP contribution in [0.4, 0.5) is 18.3 Å². The second-order valence-electron chi connectivity index (χ2n) is 5.81. The summed E-state index contributed by atoms with van der Waals surface area (Å²) < 4.78 is 45.0. The number of benzene rings is 2. The Morgan fingerprint density at radius 3 is 2.46 bits per heavy atom. The minimum atomic E-state index is -4.50. The second-order valence-corrected chi connectivity index (χ2v) is 6.84. The van der Waals surface area contributed by atoms with Crippen molar-refractivity contribution < 1.29 is 22.7 Å². The molecule has 0 aliphatic heterocycles. The Balaban J connectivity index is 1.81. The summed E-state index contributed by atoms with van der Waals surface area (Å²) in [5.41, 5.74) is -0.626. The Hall–Kier alpha value is -2.61. The fourth-order valence-electron chi connectivity index (χ4n) is 2.36. The first kappa shape index (κ1) is 18.2. The van der Waals surface area contributed by atoms with Gasteiger partial charge in [-0.25, -0.2) is 4.98 Å². The van der Waals surface area contributed by atoms with Gasteiger partial charge >= 0.3 is 6.18 Å². The van der Waals surface area contributed by atoms with Crippen LogP contribution in [0.1, 0.15) is 29.8 Å². The highest BCUT2D eigenvalue weighted by molar-refractivity contribution is 7.22. The molecule has 3 aromatic rings. The molecule has 1 amide bonds. The molecule has 136 valence electrons. The summed E-state index contributed by atoms with van der Waals surface area (Å²) in [5.74, 6) is 0.181. The molecule has 0 fully saturated rings. The maximum atomic E-state index is 13.0. The van der Waals surface area contributed by atoms with Crippen LogP contribution in [-0.4, -0.2) is 17.0 Å². The fourth-order valence-corrected chi connectivity index (χ4v) is 3.24. The molecule has 8 heteroatoms. The lowest BCUT2D eigenvalue weighted by Gasteiger charge is -2.09. The molecule has 0 bridgehead atoms. The number of rotatable bonds is 4. The molecule has 26 heavy (non-hydrogen) atoms. The van der Waals surface area contributed by atoms with Gasteiger partial charge in [-0.1, -0.05) is 17.4 Å². The summed E-state index contributed by atoms with van der Waals surface area (Å²) in [4.78, 5) is 16.2. The number of ether oxygens (including phenoxy) is 1. The smallest absolute Gasteiger partial charge is 0.418 e. The van der Waals surface area contributed by atoms with Crippen molar-refractivity contribution in [1.82, 2.24) is 4.98 Å². The highest BCUT2D eigenvalue weighted by atomic mass is 32.1. The summed E-state index contributed by atoms with van der Waals surface area (Å²) in [6.07, 6.45) is -4.48. The molecule has 0 spiro atoms. The quantitative estimate of drug-likeness (QED) is 0.663. The van der Waals surface area contributed by atoms with E-state index in [4.69, 9.17) is 4.74 Å². The van der Waals surface area contributed by atoms with E-state index >= 15 is 0 Å². The number of hydrogen-bond donors (Lipinski definition) is 1. The van der Waals surface area contributed by atoms with E-state index in [-0.39, 0.29) is 16.8 Å². The van der Waals surface area contributed by atoms with Gasteiger partial charge in [0.1, 0.15) is 5.75 Å². The number of hydrogen-bond acceptors (Lipinski definition) is 4. The predicted molar refractivity (Wildman–Crippen MR) is 94.8 cm³/mol. The lowest BCUT2D eigenvalue weighted by atomic mass is 10.2. The third kappa shape index (κ3) is 3.96. The topological polar surface area (TPSA) is 51.2 Å². The number of nitrogens with one attached hydrogen (secondary N) is 1. The monoisotopic (exact) mass is 380 g/mol. The van der Waals surface area contributed by atoms with E-state index in [1.54, 1.807) is 24.3 Å². The molecule has 0 radical (unpaired) electrons. The van der Waals surface area contributed by atoms with Crippen molar-refractivity contribution in [2.45, 2.75) is 26.1 Å². The minimum absolute atomic E-state index is 0.0141. The molecule has 0 saturated carbocycles. The van der Waals surface area contributed by atoms with Gasteiger partial charge in [-0.3, -0.25) is 10.1 Å². The van der Waals surface area contributed by atoms with E-state index in [1.807, 2.05) is 13.8 Å². The molecule has 0 aliphatic carbocycles. The highest BCUT2D eigenvalue weighted by Gasteiger charge is 2.33.